The van der Waals surface area contributed by atoms with Crippen molar-refractivity contribution in [1.29, 1.82) is 0 Å². The van der Waals surface area contributed by atoms with Crippen molar-refractivity contribution in [3.63, 3.8) is 0 Å². The van der Waals surface area contributed by atoms with Crippen LogP contribution in [0.5, 0.6) is 11.5 Å². The summed E-state index contributed by atoms with van der Waals surface area (Å²) in [7, 11) is 1.58. The van der Waals surface area contributed by atoms with Gasteiger partial charge in [0.05, 0.1) is 32.3 Å². The Hall–Kier alpha value is -6.73. The summed E-state index contributed by atoms with van der Waals surface area (Å²) in [4.78, 5) is 51.2. The maximum Gasteiger partial charge on any atom is 0.334 e. The minimum atomic E-state index is -0.933. The zero-order valence-corrected chi connectivity index (χ0v) is 30.1. The Balaban J connectivity index is 1.17. The Bertz CT molecular complexity index is 2330. The topological polar surface area (TPSA) is 145 Å². The van der Waals surface area contributed by atoms with Gasteiger partial charge in [-0.3, -0.25) is 14.6 Å². The van der Waals surface area contributed by atoms with Gasteiger partial charge in [0.1, 0.15) is 29.4 Å². The number of piperazine rings is 1. The van der Waals surface area contributed by atoms with Crippen molar-refractivity contribution in [3.05, 3.63) is 144 Å². The van der Waals surface area contributed by atoms with E-state index in [2.05, 4.69) is 15.5 Å². The highest BCUT2D eigenvalue weighted by Crippen LogP contribution is 2.33. The van der Waals surface area contributed by atoms with E-state index in [1.165, 1.54) is 0 Å². The number of aromatic hydroxyl groups is 1. The second kappa shape index (κ2) is 15.3. The van der Waals surface area contributed by atoms with Gasteiger partial charge in [-0.15, -0.1) is 0 Å². The van der Waals surface area contributed by atoms with Crippen molar-refractivity contribution in [2.24, 2.45) is 0 Å². The Kier molecular flexibility index (Phi) is 9.84. The summed E-state index contributed by atoms with van der Waals surface area (Å²) >= 11 is 0. The summed E-state index contributed by atoms with van der Waals surface area (Å²) in [5.41, 5.74) is 4.63. The third-order valence-electron chi connectivity index (χ3n) is 10.1. The van der Waals surface area contributed by atoms with E-state index in [-0.39, 0.29) is 56.7 Å². The largest absolute Gasteiger partial charge is 0.508 e. The van der Waals surface area contributed by atoms with Crippen molar-refractivity contribution < 1.29 is 28.8 Å². The fourth-order valence-corrected chi connectivity index (χ4v) is 7.45. The number of para-hydroxylation sites is 1. The molecule has 4 heterocycles. The number of hydrogen-bond donors (Lipinski definition) is 2. The van der Waals surface area contributed by atoms with E-state index >= 15 is 0 Å². The summed E-state index contributed by atoms with van der Waals surface area (Å²) in [5.74, 6) is 0.591. The molecule has 2 N–H and O–H groups in total. The van der Waals surface area contributed by atoms with Gasteiger partial charge in [-0.25, -0.2) is 9.80 Å². The van der Waals surface area contributed by atoms with Crippen LogP contribution in [0.1, 0.15) is 22.5 Å². The molecule has 6 aromatic rings. The van der Waals surface area contributed by atoms with Crippen LogP contribution in [0.15, 0.2) is 126 Å². The Morgan fingerprint density at radius 3 is 2.53 bits per heavy atom. The molecule has 4 aromatic carbocycles. The van der Waals surface area contributed by atoms with E-state index in [1.807, 2.05) is 84.9 Å². The van der Waals surface area contributed by atoms with Crippen molar-refractivity contribution in [2.45, 2.75) is 38.3 Å². The minimum Gasteiger partial charge on any atom is -0.508 e. The first-order chi connectivity index (χ1) is 26.9. The Morgan fingerprint density at radius 1 is 0.909 bits per heavy atom. The second-order valence-corrected chi connectivity index (χ2v) is 13.6. The number of aromatic nitrogens is 2. The third-order valence-corrected chi connectivity index (χ3v) is 10.1. The number of amides is 4. The van der Waals surface area contributed by atoms with E-state index in [0.29, 0.717) is 17.2 Å². The third kappa shape index (κ3) is 7.29. The van der Waals surface area contributed by atoms with Crippen LogP contribution in [0.25, 0.3) is 22.2 Å². The molecule has 8 rings (SSSR count). The number of benzene rings is 4. The van der Waals surface area contributed by atoms with Gasteiger partial charge in [0.15, 0.2) is 5.76 Å². The molecule has 0 saturated carbocycles. The highest BCUT2D eigenvalue weighted by molar-refractivity contribution is 5.92. The smallest absolute Gasteiger partial charge is 0.334 e. The van der Waals surface area contributed by atoms with Crippen molar-refractivity contribution in [1.82, 2.24) is 35.3 Å². The lowest BCUT2D eigenvalue weighted by Crippen LogP contribution is -2.76. The predicted molar refractivity (Wildman–Crippen MR) is 203 cm³/mol. The number of hydrazine groups is 1. The monoisotopic (exact) mass is 737 g/mol. The average molecular weight is 738 g/mol. The number of urea groups is 1. The lowest BCUT2D eigenvalue weighted by molar-refractivity contribution is -0.193. The molecule has 0 aliphatic carbocycles. The molecular formula is C42H39N7O6. The highest BCUT2D eigenvalue weighted by atomic mass is 16.5. The molecule has 2 atom stereocenters. The number of phenols is 1. The number of hydrogen-bond acceptors (Lipinski definition) is 9. The molecule has 0 unspecified atom stereocenters. The van der Waals surface area contributed by atoms with Gasteiger partial charge in [0.2, 0.25) is 11.8 Å². The number of rotatable bonds is 10. The van der Waals surface area contributed by atoms with Crippen LogP contribution < -0.4 is 10.1 Å². The fourth-order valence-electron chi connectivity index (χ4n) is 7.45. The first-order valence-electron chi connectivity index (χ1n) is 18.0. The number of methoxy groups -OCH3 is 1. The second-order valence-electron chi connectivity index (χ2n) is 13.6. The molecule has 13 nitrogen and oxygen atoms in total. The van der Waals surface area contributed by atoms with Crippen LogP contribution in [0.2, 0.25) is 0 Å². The Morgan fingerprint density at radius 2 is 1.71 bits per heavy atom. The van der Waals surface area contributed by atoms with Gasteiger partial charge in [0.25, 0.3) is 0 Å². The molecule has 2 saturated heterocycles. The highest BCUT2D eigenvalue weighted by Gasteiger charge is 2.51. The van der Waals surface area contributed by atoms with Crippen LogP contribution in [0, 0.1) is 0 Å². The number of nitrogens with zero attached hydrogens (tertiary/aromatic N) is 6. The maximum absolute atomic E-state index is 14.6. The lowest BCUT2D eigenvalue weighted by Gasteiger charge is -2.55. The van der Waals surface area contributed by atoms with Gasteiger partial charge < -0.3 is 29.5 Å². The van der Waals surface area contributed by atoms with Gasteiger partial charge in [-0.05, 0) is 53.1 Å². The molecule has 13 heteroatoms. The Labute approximate surface area is 317 Å². The van der Waals surface area contributed by atoms with Crippen molar-refractivity contribution in [2.75, 3.05) is 20.2 Å². The first-order valence-corrected chi connectivity index (χ1v) is 18.0. The van der Waals surface area contributed by atoms with E-state index in [9.17, 15) is 19.5 Å². The number of nitrogens with one attached hydrogen (secondary N) is 1. The normalized spacial score (nSPS) is 17.4. The zero-order chi connectivity index (χ0) is 37.9. The van der Waals surface area contributed by atoms with Crippen LogP contribution >= 0.6 is 0 Å². The van der Waals surface area contributed by atoms with Crippen LogP contribution in [0.4, 0.5) is 4.79 Å². The fraction of sp³-hybridized carbons (Fsp3) is 0.214. The maximum atomic E-state index is 14.6. The number of ether oxygens (including phenoxy) is 1. The minimum absolute atomic E-state index is 0.0442. The van der Waals surface area contributed by atoms with Gasteiger partial charge in [-0.1, -0.05) is 78.0 Å². The van der Waals surface area contributed by atoms with E-state index in [0.717, 1.165) is 33.2 Å². The number of fused-ring (bicyclic) bond motifs is 2. The van der Waals surface area contributed by atoms with Crippen molar-refractivity contribution >= 4 is 28.7 Å². The molecule has 4 amide bonds. The van der Waals surface area contributed by atoms with Crippen LogP contribution in [0.3, 0.4) is 0 Å². The van der Waals surface area contributed by atoms with Gasteiger partial charge in [0, 0.05) is 42.7 Å². The average Bonchev–Trinajstić information content (AvgIpc) is 3.68. The van der Waals surface area contributed by atoms with Crippen LogP contribution in [-0.4, -0.2) is 85.3 Å². The summed E-state index contributed by atoms with van der Waals surface area (Å²) in [6.45, 7) is 0.367. The molecule has 2 aromatic heterocycles. The van der Waals surface area contributed by atoms with Crippen molar-refractivity contribution in [3.8, 4) is 22.8 Å². The summed E-state index contributed by atoms with van der Waals surface area (Å²) in [5, 5.41) is 21.4. The molecule has 0 spiro atoms. The molecule has 2 aliphatic heterocycles. The SMILES string of the molecule is COc1ccccc1-c1cc(CN2CC(=O)N3[C@@H](Cc4ccc(O)cc4)C(=O)N(Cc4cccc5ncccc45)C[C@@H]3N2C(=O)NCc2ccccc2)on1. The zero-order valence-electron chi connectivity index (χ0n) is 30.1. The molecule has 278 valence electrons. The summed E-state index contributed by atoms with van der Waals surface area (Å²) in [6.07, 6.45) is 1.03. The van der Waals surface area contributed by atoms with E-state index in [4.69, 9.17) is 9.26 Å². The molecule has 2 fully saturated rings. The van der Waals surface area contributed by atoms with E-state index < -0.39 is 18.2 Å². The van der Waals surface area contributed by atoms with Gasteiger partial charge in [-0.2, -0.15) is 5.01 Å². The number of pyridine rings is 1. The standard InChI is InChI=1S/C42H39N7O6/c1-54-38-15-6-5-12-34(38)36-22-32(55-45-36)25-47-27-40(51)48-37(21-28-16-18-31(50)19-17-28)41(52)46(24-30-11-7-14-35-33(30)13-8-20-43-35)26-39(48)49(47)42(53)44-23-29-9-3-2-4-10-29/h2-20,22,37,39,50H,21,23-27H2,1H3,(H,44,53)/t37-,39-/m0/s1. The number of carbonyl (C=O) groups excluding carboxylic acids is 3. The summed E-state index contributed by atoms with van der Waals surface area (Å²) in [6, 6.07) is 33.6. The molecule has 0 radical (unpaired) electrons. The van der Waals surface area contributed by atoms with Crippen LogP contribution in [-0.2, 0) is 35.6 Å². The molecule has 0 bridgehead atoms. The van der Waals surface area contributed by atoms with Gasteiger partial charge >= 0.3 is 6.03 Å². The number of carbonyl (C=O) groups is 3. The molecule has 55 heavy (non-hydrogen) atoms. The first kappa shape index (κ1) is 35.3. The predicted octanol–water partition coefficient (Wildman–Crippen LogP) is 5.35. The lowest BCUT2D eigenvalue weighted by atomic mass is 9.98. The summed E-state index contributed by atoms with van der Waals surface area (Å²) < 4.78 is 11.3. The van der Waals surface area contributed by atoms with E-state index in [1.54, 1.807) is 63.5 Å². The molecule has 2 aliphatic rings. The number of phenolic OH excluding ortho intramolecular Hbond substituents is 1. The molecular weight excluding hydrogens is 699 g/mol. The quantitative estimate of drug-likeness (QED) is 0.190.